The maximum atomic E-state index is 5.95. The summed E-state index contributed by atoms with van der Waals surface area (Å²) in [6, 6.07) is 0. The second-order valence-corrected chi connectivity index (χ2v) is 9.54. The van der Waals surface area contributed by atoms with Crippen LogP contribution >= 0.6 is 11.6 Å². The van der Waals surface area contributed by atoms with Crippen LogP contribution in [0.3, 0.4) is 0 Å². The molecule has 0 fully saturated rings. The van der Waals surface area contributed by atoms with Crippen molar-refractivity contribution in [3.05, 3.63) is 16.9 Å². The first-order valence-corrected chi connectivity index (χ1v) is 8.16. The SMILES string of the molecule is C#Cc1c(Cl)ncc([Si](C)(C)C)c1N. The molecule has 74 valence electrons. The first-order valence-electron chi connectivity index (χ1n) is 4.29. The molecule has 0 radical (unpaired) electrons. The first-order chi connectivity index (χ1) is 6.38. The van der Waals surface area contributed by atoms with Gasteiger partial charge in [0.15, 0.2) is 0 Å². The Bertz CT molecular complexity index is 402. The van der Waals surface area contributed by atoms with Crippen LogP contribution in [0.4, 0.5) is 5.69 Å². The van der Waals surface area contributed by atoms with Crippen LogP contribution in [-0.2, 0) is 0 Å². The molecule has 1 aromatic heterocycles. The summed E-state index contributed by atoms with van der Waals surface area (Å²) in [5, 5.41) is 1.38. The van der Waals surface area contributed by atoms with E-state index in [0.717, 1.165) is 5.19 Å². The highest BCUT2D eigenvalue weighted by Gasteiger charge is 2.22. The topological polar surface area (TPSA) is 38.9 Å². The van der Waals surface area contributed by atoms with Crippen LogP contribution in [0.5, 0.6) is 0 Å². The van der Waals surface area contributed by atoms with Crippen LogP contribution in [0.15, 0.2) is 6.20 Å². The quantitative estimate of drug-likeness (QED) is 0.449. The second kappa shape index (κ2) is 3.64. The minimum Gasteiger partial charge on any atom is -0.398 e. The van der Waals surface area contributed by atoms with E-state index >= 15 is 0 Å². The number of terminal acetylenes is 1. The van der Waals surface area contributed by atoms with Gasteiger partial charge in [0.1, 0.15) is 5.15 Å². The summed E-state index contributed by atoms with van der Waals surface area (Å²) < 4.78 is 0. The summed E-state index contributed by atoms with van der Waals surface area (Å²) in [6.45, 7) is 6.57. The Kier molecular flexibility index (Phi) is 2.88. The Labute approximate surface area is 90.5 Å². The summed E-state index contributed by atoms with van der Waals surface area (Å²) in [4.78, 5) is 4.05. The zero-order valence-corrected chi connectivity index (χ0v) is 10.3. The van der Waals surface area contributed by atoms with Gasteiger partial charge in [-0.1, -0.05) is 37.2 Å². The number of hydrogen-bond acceptors (Lipinski definition) is 2. The first kappa shape index (κ1) is 11.1. The Morgan fingerprint density at radius 2 is 2.07 bits per heavy atom. The van der Waals surface area contributed by atoms with Gasteiger partial charge in [-0.05, 0) is 5.19 Å². The molecular formula is C10H13ClN2Si. The summed E-state index contributed by atoms with van der Waals surface area (Å²) in [7, 11) is -1.49. The molecule has 2 N–H and O–H groups in total. The van der Waals surface area contributed by atoms with Crippen LogP contribution in [0, 0.1) is 12.3 Å². The van der Waals surface area contributed by atoms with Crippen molar-refractivity contribution in [2.24, 2.45) is 0 Å². The molecule has 0 saturated heterocycles. The largest absolute Gasteiger partial charge is 0.398 e. The molecule has 0 atom stereocenters. The predicted molar refractivity (Wildman–Crippen MR) is 64.6 cm³/mol. The van der Waals surface area contributed by atoms with E-state index in [1.165, 1.54) is 0 Å². The summed E-state index contributed by atoms with van der Waals surface area (Å²) in [6.07, 6.45) is 7.07. The van der Waals surface area contributed by atoms with E-state index in [9.17, 15) is 0 Å². The maximum absolute atomic E-state index is 5.95. The van der Waals surface area contributed by atoms with Gasteiger partial charge in [-0.3, -0.25) is 0 Å². The van der Waals surface area contributed by atoms with E-state index in [4.69, 9.17) is 23.8 Å². The molecule has 0 unspecified atom stereocenters. The minimum absolute atomic E-state index is 0.312. The molecule has 0 aliphatic rings. The number of rotatable bonds is 1. The number of aromatic nitrogens is 1. The molecule has 1 aromatic rings. The van der Waals surface area contributed by atoms with Crippen molar-refractivity contribution in [2.45, 2.75) is 19.6 Å². The van der Waals surface area contributed by atoms with Gasteiger partial charge in [0, 0.05) is 6.20 Å². The molecule has 0 aliphatic carbocycles. The van der Waals surface area contributed by atoms with Gasteiger partial charge in [-0.15, -0.1) is 6.42 Å². The fraction of sp³-hybridized carbons (Fsp3) is 0.300. The van der Waals surface area contributed by atoms with Crippen LogP contribution < -0.4 is 10.9 Å². The smallest absolute Gasteiger partial charge is 0.146 e. The predicted octanol–water partition coefficient (Wildman–Crippen LogP) is 1.84. The zero-order valence-electron chi connectivity index (χ0n) is 8.56. The molecule has 0 amide bonds. The highest BCUT2D eigenvalue weighted by Crippen LogP contribution is 2.19. The van der Waals surface area contributed by atoms with E-state index in [0.29, 0.717) is 16.4 Å². The van der Waals surface area contributed by atoms with Crippen molar-refractivity contribution in [3.8, 4) is 12.3 Å². The van der Waals surface area contributed by atoms with Crippen molar-refractivity contribution < 1.29 is 0 Å². The van der Waals surface area contributed by atoms with Crippen molar-refractivity contribution >= 4 is 30.5 Å². The number of halogens is 1. The van der Waals surface area contributed by atoms with Crippen LogP contribution in [0.2, 0.25) is 24.8 Å². The highest BCUT2D eigenvalue weighted by atomic mass is 35.5. The monoisotopic (exact) mass is 224 g/mol. The molecule has 0 spiro atoms. The number of hydrogen-bond donors (Lipinski definition) is 1. The van der Waals surface area contributed by atoms with Crippen LogP contribution in [-0.4, -0.2) is 13.1 Å². The lowest BCUT2D eigenvalue weighted by Crippen LogP contribution is -2.40. The Morgan fingerprint density at radius 1 is 1.50 bits per heavy atom. The number of nitrogens with two attached hydrogens (primary N) is 1. The second-order valence-electron chi connectivity index (χ2n) is 4.15. The van der Waals surface area contributed by atoms with Gasteiger partial charge in [0.2, 0.25) is 0 Å². The summed E-state index contributed by atoms with van der Waals surface area (Å²) in [5.74, 6) is 2.48. The molecule has 4 heteroatoms. The third kappa shape index (κ3) is 1.92. The van der Waals surface area contributed by atoms with Gasteiger partial charge >= 0.3 is 0 Å². The zero-order chi connectivity index (χ0) is 10.9. The normalized spacial score (nSPS) is 11.1. The molecule has 0 bridgehead atoms. The summed E-state index contributed by atoms with van der Waals surface area (Å²) >= 11 is 5.83. The van der Waals surface area contributed by atoms with E-state index < -0.39 is 8.07 Å². The third-order valence-electron chi connectivity index (χ3n) is 2.03. The van der Waals surface area contributed by atoms with E-state index in [1.807, 2.05) is 0 Å². The molecule has 0 aromatic carbocycles. The molecule has 1 rings (SSSR count). The maximum Gasteiger partial charge on any atom is 0.146 e. The van der Waals surface area contributed by atoms with E-state index in [1.54, 1.807) is 6.20 Å². The average molecular weight is 225 g/mol. The number of nitrogen functional groups attached to an aromatic ring is 1. The summed E-state index contributed by atoms with van der Waals surface area (Å²) in [5.41, 5.74) is 7.09. The van der Waals surface area contributed by atoms with Crippen LogP contribution in [0.25, 0.3) is 0 Å². The van der Waals surface area contributed by atoms with Crippen molar-refractivity contribution in [1.82, 2.24) is 4.98 Å². The molecule has 14 heavy (non-hydrogen) atoms. The molecule has 0 aliphatic heterocycles. The number of pyridine rings is 1. The third-order valence-corrected chi connectivity index (χ3v) is 4.33. The van der Waals surface area contributed by atoms with Gasteiger partial charge in [-0.25, -0.2) is 4.98 Å². The minimum atomic E-state index is -1.49. The van der Waals surface area contributed by atoms with Gasteiger partial charge < -0.3 is 5.73 Å². The fourth-order valence-corrected chi connectivity index (χ4v) is 2.83. The Hall–Kier alpha value is -0.983. The lowest BCUT2D eigenvalue weighted by Gasteiger charge is -2.19. The average Bonchev–Trinajstić information content (AvgIpc) is 2.02. The van der Waals surface area contributed by atoms with Gasteiger partial charge in [0.05, 0.1) is 19.3 Å². The standard InChI is InChI=1S/C10H13ClN2Si/c1-5-7-9(12)8(14(2,3)4)6-13-10(7)11/h1,6H,2-4H3,(H2,12,13). The molecule has 0 saturated carbocycles. The van der Waals surface area contributed by atoms with Gasteiger partial charge in [0.25, 0.3) is 0 Å². The number of anilines is 1. The molecule has 1 heterocycles. The number of nitrogens with zero attached hydrogens (tertiary/aromatic N) is 1. The lowest BCUT2D eigenvalue weighted by atomic mass is 10.2. The highest BCUT2D eigenvalue weighted by molar-refractivity contribution is 6.89. The van der Waals surface area contributed by atoms with E-state index in [2.05, 4.69) is 30.5 Å². The van der Waals surface area contributed by atoms with E-state index in [-0.39, 0.29) is 0 Å². The Morgan fingerprint density at radius 3 is 2.50 bits per heavy atom. The van der Waals surface area contributed by atoms with Crippen molar-refractivity contribution in [1.29, 1.82) is 0 Å². The molecule has 2 nitrogen and oxygen atoms in total. The Balaban J connectivity index is 3.46. The fourth-order valence-electron chi connectivity index (χ4n) is 1.24. The van der Waals surface area contributed by atoms with Crippen LogP contribution in [0.1, 0.15) is 5.56 Å². The van der Waals surface area contributed by atoms with Crippen molar-refractivity contribution in [2.75, 3.05) is 5.73 Å². The van der Waals surface area contributed by atoms with Crippen molar-refractivity contribution in [3.63, 3.8) is 0 Å². The molecular weight excluding hydrogens is 212 g/mol. The van der Waals surface area contributed by atoms with Gasteiger partial charge in [-0.2, -0.15) is 0 Å². The lowest BCUT2D eigenvalue weighted by molar-refractivity contribution is 1.33.